The molecule has 4 N–H and O–H groups in total. The largest absolute Gasteiger partial charge is 0.410 e. The van der Waals surface area contributed by atoms with Gasteiger partial charge in [0, 0.05) is 5.56 Å². The van der Waals surface area contributed by atoms with Crippen molar-refractivity contribution < 1.29 is 19.5 Å². The lowest BCUT2D eigenvalue weighted by Gasteiger charge is -2.06. The van der Waals surface area contributed by atoms with Crippen molar-refractivity contribution in [2.75, 3.05) is 0 Å². The highest BCUT2D eigenvalue weighted by Crippen LogP contribution is 2.18. The maximum absolute atomic E-state index is 11.0. The molecule has 0 aromatic heterocycles. The Hall–Kier alpha value is -2.08. The molecule has 1 aromatic rings. The standard InChI is InChI=1S/C9H10N2O4/c1-5-4-6(8(12)11-14)2-3-7(5)15-9(10)13/h2-4,14H,1H3,(H2,10,13)(H,11,12). The first-order valence-corrected chi connectivity index (χ1v) is 4.07. The molecule has 15 heavy (non-hydrogen) atoms. The van der Waals surface area contributed by atoms with Crippen LogP contribution in [0, 0.1) is 6.92 Å². The Kier molecular flexibility index (Phi) is 3.25. The molecule has 1 aromatic carbocycles. The van der Waals surface area contributed by atoms with Gasteiger partial charge in [0.25, 0.3) is 5.91 Å². The Bertz CT molecular complexity index is 403. The van der Waals surface area contributed by atoms with E-state index in [-0.39, 0.29) is 11.3 Å². The zero-order valence-corrected chi connectivity index (χ0v) is 7.98. The number of carbonyl (C=O) groups excluding carboxylic acids is 2. The van der Waals surface area contributed by atoms with Gasteiger partial charge >= 0.3 is 6.09 Å². The van der Waals surface area contributed by atoms with Crippen molar-refractivity contribution in [1.29, 1.82) is 0 Å². The number of benzene rings is 1. The summed E-state index contributed by atoms with van der Waals surface area (Å²) in [6.07, 6.45) is -0.919. The van der Waals surface area contributed by atoms with E-state index in [1.165, 1.54) is 23.7 Å². The number of nitrogens with two attached hydrogens (primary N) is 1. The van der Waals surface area contributed by atoms with Crippen LogP contribution in [0.2, 0.25) is 0 Å². The number of carbonyl (C=O) groups is 2. The predicted octanol–water partition coefficient (Wildman–Crippen LogP) is 0.572. The maximum atomic E-state index is 11.0. The van der Waals surface area contributed by atoms with Crippen molar-refractivity contribution in [3.05, 3.63) is 29.3 Å². The van der Waals surface area contributed by atoms with Gasteiger partial charge in [0.15, 0.2) is 0 Å². The number of hydrogen-bond donors (Lipinski definition) is 3. The van der Waals surface area contributed by atoms with Crippen molar-refractivity contribution in [3.63, 3.8) is 0 Å². The zero-order chi connectivity index (χ0) is 11.4. The normalized spacial score (nSPS) is 9.47. The first kappa shape index (κ1) is 11.0. The Morgan fingerprint density at radius 3 is 2.60 bits per heavy atom. The average Bonchev–Trinajstić information content (AvgIpc) is 2.19. The van der Waals surface area contributed by atoms with Gasteiger partial charge < -0.3 is 10.5 Å². The Morgan fingerprint density at radius 2 is 2.13 bits per heavy atom. The van der Waals surface area contributed by atoms with Crippen LogP contribution in [-0.2, 0) is 0 Å². The van der Waals surface area contributed by atoms with Crippen LogP contribution in [0.1, 0.15) is 15.9 Å². The van der Waals surface area contributed by atoms with Crippen molar-refractivity contribution >= 4 is 12.0 Å². The number of aryl methyl sites for hydroxylation is 1. The predicted molar refractivity (Wildman–Crippen MR) is 50.6 cm³/mol. The van der Waals surface area contributed by atoms with E-state index in [2.05, 4.69) is 4.74 Å². The number of amides is 2. The number of hydroxylamine groups is 1. The summed E-state index contributed by atoms with van der Waals surface area (Å²) in [6.45, 7) is 1.65. The number of ether oxygens (including phenoxy) is 1. The van der Waals surface area contributed by atoms with Crippen molar-refractivity contribution in [2.45, 2.75) is 6.92 Å². The van der Waals surface area contributed by atoms with E-state index in [0.29, 0.717) is 5.56 Å². The summed E-state index contributed by atoms with van der Waals surface area (Å²) in [5.74, 6) is -0.360. The fourth-order valence-electron chi connectivity index (χ4n) is 1.08. The van der Waals surface area contributed by atoms with Gasteiger partial charge in [-0.3, -0.25) is 10.0 Å². The number of nitrogens with one attached hydrogen (secondary N) is 1. The maximum Gasteiger partial charge on any atom is 0.409 e. The summed E-state index contributed by atoms with van der Waals surface area (Å²) in [5.41, 5.74) is 7.16. The second-order valence-corrected chi connectivity index (χ2v) is 2.84. The summed E-state index contributed by atoms with van der Waals surface area (Å²) >= 11 is 0. The minimum atomic E-state index is -0.919. The van der Waals surface area contributed by atoms with E-state index in [1.54, 1.807) is 6.92 Å². The fourth-order valence-corrected chi connectivity index (χ4v) is 1.08. The molecule has 2 amide bonds. The third-order valence-electron chi connectivity index (χ3n) is 1.75. The van der Waals surface area contributed by atoms with Gasteiger partial charge in [-0.2, -0.15) is 0 Å². The zero-order valence-electron chi connectivity index (χ0n) is 7.98. The highest BCUT2D eigenvalue weighted by molar-refractivity contribution is 5.93. The summed E-state index contributed by atoms with van der Waals surface area (Å²) in [6, 6.07) is 4.28. The van der Waals surface area contributed by atoms with Gasteiger partial charge in [-0.05, 0) is 30.7 Å². The summed E-state index contributed by atoms with van der Waals surface area (Å²) in [4.78, 5) is 21.5. The van der Waals surface area contributed by atoms with Gasteiger partial charge in [0.05, 0.1) is 0 Å². The van der Waals surface area contributed by atoms with E-state index in [0.717, 1.165) is 0 Å². The molecule has 6 nitrogen and oxygen atoms in total. The van der Waals surface area contributed by atoms with E-state index in [1.807, 2.05) is 0 Å². The SMILES string of the molecule is Cc1cc(C(=O)NO)ccc1OC(N)=O. The highest BCUT2D eigenvalue weighted by atomic mass is 16.5. The van der Waals surface area contributed by atoms with E-state index in [9.17, 15) is 9.59 Å². The molecule has 1 rings (SSSR count). The molecule has 0 saturated heterocycles. The van der Waals surface area contributed by atoms with Crippen LogP contribution < -0.4 is 16.0 Å². The molecule has 0 saturated carbocycles. The van der Waals surface area contributed by atoms with Crippen LogP contribution >= 0.6 is 0 Å². The summed E-state index contributed by atoms with van der Waals surface area (Å²) in [5, 5.41) is 8.39. The number of rotatable bonds is 2. The van der Waals surface area contributed by atoms with E-state index in [4.69, 9.17) is 10.9 Å². The fraction of sp³-hybridized carbons (Fsp3) is 0.111. The second kappa shape index (κ2) is 4.43. The lowest BCUT2D eigenvalue weighted by Crippen LogP contribution is -2.19. The van der Waals surface area contributed by atoms with Gasteiger partial charge in [-0.25, -0.2) is 10.3 Å². The summed E-state index contributed by atoms with van der Waals surface area (Å²) < 4.78 is 4.66. The van der Waals surface area contributed by atoms with E-state index >= 15 is 0 Å². The molecule has 0 spiro atoms. The lowest BCUT2D eigenvalue weighted by atomic mass is 10.1. The molecule has 0 radical (unpaired) electrons. The van der Waals surface area contributed by atoms with Crippen molar-refractivity contribution in [3.8, 4) is 5.75 Å². The minimum absolute atomic E-state index is 0.256. The summed E-state index contributed by atoms with van der Waals surface area (Å²) in [7, 11) is 0. The van der Waals surface area contributed by atoms with Crippen LogP contribution in [0.5, 0.6) is 5.75 Å². The first-order valence-electron chi connectivity index (χ1n) is 4.07. The topological polar surface area (TPSA) is 102 Å². The Labute approximate surface area is 85.6 Å². The second-order valence-electron chi connectivity index (χ2n) is 2.84. The number of primary amides is 1. The molecule has 0 aliphatic heterocycles. The lowest BCUT2D eigenvalue weighted by molar-refractivity contribution is 0.0706. The van der Waals surface area contributed by atoms with Crippen LogP contribution in [-0.4, -0.2) is 17.2 Å². The van der Waals surface area contributed by atoms with E-state index < -0.39 is 12.0 Å². The van der Waals surface area contributed by atoms with Gasteiger partial charge in [0.2, 0.25) is 0 Å². The monoisotopic (exact) mass is 210 g/mol. The Balaban J connectivity index is 2.97. The Morgan fingerprint density at radius 1 is 1.47 bits per heavy atom. The quantitative estimate of drug-likeness (QED) is 0.490. The molecule has 0 aliphatic rings. The van der Waals surface area contributed by atoms with Crippen LogP contribution in [0.15, 0.2) is 18.2 Å². The van der Waals surface area contributed by atoms with Gasteiger partial charge in [-0.15, -0.1) is 0 Å². The smallest absolute Gasteiger partial charge is 0.409 e. The van der Waals surface area contributed by atoms with Gasteiger partial charge in [0.1, 0.15) is 5.75 Å². The highest BCUT2D eigenvalue weighted by Gasteiger charge is 2.08. The molecule has 0 aliphatic carbocycles. The molecule has 0 heterocycles. The molecular weight excluding hydrogens is 200 g/mol. The first-order chi connectivity index (χ1) is 7.04. The van der Waals surface area contributed by atoms with Crippen LogP contribution in [0.3, 0.4) is 0 Å². The number of hydrogen-bond acceptors (Lipinski definition) is 4. The molecule has 6 heteroatoms. The van der Waals surface area contributed by atoms with Crippen molar-refractivity contribution in [1.82, 2.24) is 5.48 Å². The van der Waals surface area contributed by atoms with Crippen LogP contribution in [0.25, 0.3) is 0 Å². The third kappa shape index (κ3) is 2.68. The third-order valence-corrected chi connectivity index (χ3v) is 1.75. The molecule has 0 fully saturated rings. The van der Waals surface area contributed by atoms with Crippen LogP contribution in [0.4, 0.5) is 4.79 Å². The van der Waals surface area contributed by atoms with Crippen molar-refractivity contribution in [2.24, 2.45) is 5.73 Å². The molecule has 0 unspecified atom stereocenters. The molecule has 80 valence electrons. The molecule has 0 atom stereocenters. The molecule has 0 bridgehead atoms. The molecular formula is C9H10N2O4. The minimum Gasteiger partial charge on any atom is -0.410 e. The average molecular weight is 210 g/mol. The van der Waals surface area contributed by atoms with Gasteiger partial charge in [-0.1, -0.05) is 0 Å².